The molecule has 0 bridgehead atoms. The highest BCUT2D eigenvalue weighted by Gasteiger charge is 2.03. The molecule has 0 aliphatic carbocycles. The summed E-state index contributed by atoms with van der Waals surface area (Å²) in [5, 5.41) is 2.67. The summed E-state index contributed by atoms with van der Waals surface area (Å²) in [6, 6.07) is 3.40. The summed E-state index contributed by atoms with van der Waals surface area (Å²) in [6.45, 7) is 3.31. The molecule has 0 aliphatic heterocycles. The lowest BCUT2D eigenvalue weighted by Crippen LogP contribution is -2.08. The molecule has 0 radical (unpaired) electrons. The van der Waals surface area contributed by atoms with Gasteiger partial charge in [0.2, 0.25) is 5.91 Å². The molecule has 1 aromatic rings. The molecule has 1 rings (SSSR count). The van der Waals surface area contributed by atoms with Crippen LogP contribution in [0.25, 0.3) is 0 Å². The van der Waals surface area contributed by atoms with Gasteiger partial charge >= 0.3 is 0 Å². The van der Waals surface area contributed by atoms with Crippen molar-refractivity contribution in [3.05, 3.63) is 17.7 Å². The first-order valence-electron chi connectivity index (χ1n) is 3.94. The van der Waals surface area contributed by atoms with Gasteiger partial charge in [0, 0.05) is 12.6 Å². The summed E-state index contributed by atoms with van der Waals surface area (Å²) >= 11 is 0. The molecule has 1 amide bonds. The Morgan fingerprint density at radius 2 is 1.85 bits per heavy atom. The molecular formula is C9H13N3O. The lowest BCUT2D eigenvalue weighted by atomic mass is 10.1. The summed E-state index contributed by atoms with van der Waals surface area (Å²) in [4.78, 5) is 10.8. The van der Waals surface area contributed by atoms with E-state index < -0.39 is 0 Å². The van der Waals surface area contributed by atoms with Gasteiger partial charge in [0.1, 0.15) is 0 Å². The third-order valence-electron chi connectivity index (χ3n) is 1.74. The van der Waals surface area contributed by atoms with Crippen molar-refractivity contribution in [2.75, 3.05) is 16.8 Å². The van der Waals surface area contributed by atoms with Crippen molar-refractivity contribution in [3.8, 4) is 0 Å². The average molecular weight is 179 g/mol. The van der Waals surface area contributed by atoms with Crippen molar-refractivity contribution < 1.29 is 4.79 Å². The fraction of sp³-hybridized carbons (Fsp3) is 0.222. The predicted octanol–water partition coefficient (Wildman–Crippen LogP) is 1.12. The molecule has 4 nitrogen and oxygen atoms in total. The molecule has 0 spiro atoms. The fourth-order valence-corrected chi connectivity index (χ4v) is 1.07. The summed E-state index contributed by atoms with van der Waals surface area (Å²) < 4.78 is 0. The topological polar surface area (TPSA) is 81.1 Å². The minimum Gasteiger partial charge on any atom is -0.397 e. The number of benzene rings is 1. The van der Waals surface area contributed by atoms with Crippen molar-refractivity contribution in [1.29, 1.82) is 0 Å². The van der Waals surface area contributed by atoms with Crippen LogP contribution in [0.5, 0.6) is 0 Å². The Hall–Kier alpha value is -1.71. The van der Waals surface area contributed by atoms with Crippen LogP contribution in [0, 0.1) is 6.92 Å². The summed E-state index contributed by atoms with van der Waals surface area (Å²) in [7, 11) is 0. The zero-order valence-electron chi connectivity index (χ0n) is 7.72. The number of rotatable bonds is 1. The minimum absolute atomic E-state index is 0.118. The molecule has 70 valence electrons. The van der Waals surface area contributed by atoms with Crippen molar-refractivity contribution in [2.45, 2.75) is 13.8 Å². The van der Waals surface area contributed by atoms with E-state index in [2.05, 4.69) is 5.32 Å². The molecule has 13 heavy (non-hydrogen) atoms. The van der Waals surface area contributed by atoms with Gasteiger partial charge in [0.05, 0.1) is 11.4 Å². The maximum Gasteiger partial charge on any atom is 0.221 e. The Balaban J connectivity index is 3.08. The number of aryl methyl sites for hydroxylation is 1. The summed E-state index contributed by atoms with van der Waals surface area (Å²) in [6.07, 6.45) is 0. The SMILES string of the molecule is CC(=O)Nc1cc(N)c(N)cc1C. The van der Waals surface area contributed by atoms with E-state index in [1.807, 2.05) is 6.92 Å². The first-order chi connectivity index (χ1) is 6.00. The molecule has 4 heteroatoms. The zero-order valence-corrected chi connectivity index (χ0v) is 7.72. The van der Waals surface area contributed by atoms with E-state index in [-0.39, 0.29) is 5.91 Å². The number of carbonyl (C=O) groups is 1. The number of amides is 1. The third-order valence-corrected chi connectivity index (χ3v) is 1.74. The summed E-state index contributed by atoms with van der Waals surface area (Å²) in [5.41, 5.74) is 13.8. The number of carbonyl (C=O) groups excluding carboxylic acids is 1. The molecule has 0 unspecified atom stereocenters. The molecule has 5 N–H and O–H groups in total. The van der Waals surface area contributed by atoms with E-state index >= 15 is 0 Å². The molecular weight excluding hydrogens is 166 g/mol. The Kier molecular flexibility index (Phi) is 2.41. The van der Waals surface area contributed by atoms with Gasteiger partial charge in [-0.3, -0.25) is 4.79 Å². The van der Waals surface area contributed by atoms with E-state index in [9.17, 15) is 4.79 Å². The Labute approximate surface area is 76.9 Å². The van der Waals surface area contributed by atoms with Gasteiger partial charge in [-0.1, -0.05) is 0 Å². The molecule has 0 saturated carbocycles. The van der Waals surface area contributed by atoms with Crippen molar-refractivity contribution in [3.63, 3.8) is 0 Å². The van der Waals surface area contributed by atoms with Crippen molar-refractivity contribution in [1.82, 2.24) is 0 Å². The number of hydrogen-bond donors (Lipinski definition) is 3. The standard InChI is InChI=1S/C9H13N3O/c1-5-3-7(10)8(11)4-9(5)12-6(2)13/h3-4H,10-11H2,1-2H3,(H,12,13). The predicted molar refractivity (Wildman–Crippen MR) is 54.3 cm³/mol. The van der Waals surface area contributed by atoms with E-state index in [1.54, 1.807) is 12.1 Å². The van der Waals surface area contributed by atoms with Crippen LogP contribution in [0.15, 0.2) is 12.1 Å². The summed E-state index contributed by atoms with van der Waals surface area (Å²) in [5.74, 6) is -0.118. The highest BCUT2D eigenvalue weighted by atomic mass is 16.1. The first-order valence-corrected chi connectivity index (χ1v) is 3.94. The molecule has 0 fully saturated rings. The molecule has 0 atom stereocenters. The van der Waals surface area contributed by atoms with Crippen LogP contribution >= 0.6 is 0 Å². The number of hydrogen-bond acceptors (Lipinski definition) is 3. The quantitative estimate of drug-likeness (QED) is 0.565. The zero-order chi connectivity index (χ0) is 10.0. The monoisotopic (exact) mass is 179 g/mol. The second kappa shape index (κ2) is 3.35. The number of anilines is 3. The number of nitrogens with two attached hydrogens (primary N) is 2. The van der Waals surface area contributed by atoms with Crippen LogP contribution < -0.4 is 16.8 Å². The van der Waals surface area contributed by atoms with Gasteiger partial charge in [-0.25, -0.2) is 0 Å². The van der Waals surface area contributed by atoms with Crippen LogP contribution in [-0.2, 0) is 4.79 Å². The number of nitrogen functional groups attached to an aromatic ring is 2. The van der Waals surface area contributed by atoms with Crippen LogP contribution in [0.4, 0.5) is 17.1 Å². The minimum atomic E-state index is -0.118. The third kappa shape index (κ3) is 2.11. The molecule has 1 aromatic carbocycles. The van der Waals surface area contributed by atoms with Crippen LogP contribution in [-0.4, -0.2) is 5.91 Å². The van der Waals surface area contributed by atoms with Crippen LogP contribution in [0.2, 0.25) is 0 Å². The Morgan fingerprint density at radius 3 is 2.38 bits per heavy atom. The molecule has 0 saturated heterocycles. The van der Waals surface area contributed by atoms with Crippen molar-refractivity contribution in [2.24, 2.45) is 0 Å². The van der Waals surface area contributed by atoms with Gasteiger partial charge < -0.3 is 16.8 Å². The van der Waals surface area contributed by atoms with E-state index in [1.165, 1.54) is 6.92 Å². The van der Waals surface area contributed by atoms with Crippen LogP contribution in [0.3, 0.4) is 0 Å². The van der Waals surface area contributed by atoms with Gasteiger partial charge in [-0.05, 0) is 24.6 Å². The maximum absolute atomic E-state index is 10.8. The lowest BCUT2D eigenvalue weighted by molar-refractivity contribution is -0.114. The maximum atomic E-state index is 10.8. The smallest absolute Gasteiger partial charge is 0.221 e. The first kappa shape index (κ1) is 9.38. The fourth-order valence-electron chi connectivity index (χ4n) is 1.07. The average Bonchev–Trinajstić information content (AvgIpc) is 1.99. The largest absolute Gasteiger partial charge is 0.397 e. The Morgan fingerprint density at radius 1 is 1.31 bits per heavy atom. The second-order valence-electron chi connectivity index (χ2n) is 2.98. The van der Waals surface area contributed by atoms with Gasteiger partial charge in [0.15, 0.2) is 0 Å². The normalized spacial score (nSPS) is 9.69. The Bertz CT molecular complexity index is 347. The molecule has 0 aromatic heterocycles. The van der Waals surface area contributed by atoms with E-state index in [0.717, 1.165) is 5.56 Å². The number of nitrogens with one attached hydrogen (secondary N) is 1. The molecule has 0 heterocycles. The molecule has 0 aliphatic rings. The highest BCUT2D eigenvalue weighted by Crippen LogP contribution is 2.24. The highest BCUT2D eigenvalue weighted by molar-refractivity contribution is 5.91. The van der Waals surface area contributed by atoms with Crippen LogP contribution in [0.1, 0.15) is 12.5 Å². The van der Waals surface area contributed by atoms with Gasteiger partial charge in [-0.15, -0.1) is 0 Å². The van der Waals surface area contributed by atoms with E-state index in [0.29, 0.717) is 17.1 Å². The lowest BCUT2D eigenvalue weighted by Gasteiger charge is -2.09. The van der Waals surface area contributed by atoms with E-state index in [4.69, 9.17) is 11.5 Å². The second-order valence-corrected chi connectivity index (χ2v) is 2.98. The van der Waals surface area contributed by atoms with Gasteiger partial charge in [-0.2, -0.15) is 0 Å². The van der Waals surface area contributed by atoms with Gasteiger partial charge in [0.25, 0.3) is 0 Å². The van der Waals surface area contributed by atoms with Crippen molar-refractivity contribution >= 4 is 23.0 Å².